The van der Waals surface area contributed by atoms with Gasteiger partial charge in [0, 0.05) is 18.9 Å². The fourth-order valence-electron chi connectivity index (χ4n) is 1.67. The molecule has 100 valence electrons. The van der Waals surface area contributed by atoms with Crippen LogP contribution in [0.15, 0.2) is 24.5 Å². The molecule has 0 aliphatic rings. The third-order valence-electron chi connectivity index (χ3n) is 2.66. The lowest BCUT2D eigenvalue weighted by atomic mass is 10.1. The molecule has 0 fully saturated rings. The lowest BCUT2D eigenvalue weighted by Crippen LogP contribution is -2.04. The standard InChI is InChI=1S/C13H16N4O2/c1-8(2)11-4-9(13(18)19)5-12(16-11)15-10-6-14-17(3)7-10/h4-8H,1-3H3,(H,15,16)(H,18,19). The van der Waals surface area contributed by atoms with Gasteiger partial charge in [0.05, 0.1) is 17.4 Å². The van der Waals surface area contributed by atoms with Crippen molar-refractivity contribution in [3.05, 3.63) is 35.8 Å². The molecule has 2 aromatic rings. The number of carboxylic acids is 1. The van der Waals surface area contributed by atoms with Gasteiger partial charge in [0.25, 0.3) is 0 Å². The van der Waals surface area contributed by atoms with Crippen LogP contribution in [0.1, 0.15) is 35.8 Å². The summed E-state index contributed by atoms with van der Waals surface area (Å²) in [5.41, 5.74) is 1.74. The van der Waals surface area contributed by atoms with Crippen LogP contribution in [0.2, 0.25) is 0 Å². The zero-order valence-corrected chi connectivity index (χ0v) is 11.1. The predicted octanol–water partition coefficient (Wildman–Crippen LogP) is 2.38. The first kappa shape index (κ1) is 13.1. The van der Waals surface area contributed by atoms with E-state index < -0.39 is 5.97 Å². The van der Waals surface area contributed by atoms with Gasteiger partial charge in [-0.25, -0.2) is 9.78 Å². The second-order valence-electron chi connectivity index (χ2n) is 4.65. The molecule has 0 radical (unpaired) electrons. The number of aromatic nitrogens is 3. The number of pyridine rings is 1. The number of aromatic carboxylic acids is 1. The smallest absolute Gasteiger partial charge is 0.335 e. The Hall–Kier alpha value is -2.37. The van der Waals surface area contributed by atoms with Crippen molar-refractivity contribution in [2.45, 2.75) is 19.8 Å². The van der Waals surface area contributed by atoms with E-state index >= 15 is 0 Å². The highest BCUT2D eigenvalue weighted by molar-refractivity contribution is 5.88. The van der Waals surface area contributed by atoms with Crippen LogP contribution in [0.3, 0.4) is 0 Å². The monoisotopic (exact) mass is 260 g/mol. The quantitative estimate of drug-likeness (QED) is 0.882. The molecule has 0 unspecified atom stereocenters. The van der Waals surface area contributed by atoms with Crippen LogP contribution in [0.5, 0.6) is 0 Å². The van der Waals surface area contributed by atoms with Gasteiger partial charge in [0.1, 0.15) is 5.82 Å². The molecule has 19 heavy (non-hydrogen) atoms. The normalized spacial score (nSPS) is 10.7. The molecular formula is C13H16N4O2. The Morgan fingerprint density at radius 3 is 2.68 bits per heavy atom. The molecule has 0 aliphatic heterocycles. The van der Waals surface area contributed by atoms with Crippen molar-refractivity contribution in [3.8, 4) is 0 Å². The summed E-state index contributed by atoms with van der Waals surface area (Å²) in [6.07, 6.45) is 3.45. The lowest BCUT2D eigenvalue weighted by Gasteiger charge is -2.10. The molecule has 0 amide bonds. The van der Waals surface area contributed by atoms with E-state index in [4.69, 9.17) is 5.11 Å². The second-order valence-corrected chi connectivity index (χ2v) is 4.65. The SMILES string of the molecule is CC(C)c1cc(C(=O)O)cc(Nc2cnn(C)c2)n1. The van der Waals surface area contributed by atoms with Crippen LogP contribution < -0.4 is 5.32 Å². The van der Waals surface area contributed by atoms with Crippen molar-refractivity contribution in [2.24, 2.45) is 7.05 Å². The largest absolute Gasteiger partial charge is 0.478 e. The molecule has 2 N–H and O–H groups in total. The zero-order chi connectivity index (χ0) is 14.0. The molecule has 2 heterocycles. The van der Waals surface area contributed by atoms with Crippen molar-refractivity contribution in [1.82, 2.24) is 14.8 Å². The minimum Gasteiger partial charge on any atom is -0.478 e. The van der Waals surface area contributed by atoms with Gasteiger partial charge < -0.3 is 10.4 Å². The number of hydrogen-bond acceptors (Lipinski definition) is 4. The van der Waals surface area contributed by atoms with Crippen molar-refractivity contribution in [2.75, 3.05) is 5.32 Å². The number of anilines is 2. The van der Waals surface area contributed by atoms with Gasteiger partial charge in [0.2, 0.25) is 0 Å². The van der Waals surface area contributed by atoms with E-state index in [1.165, 1.54) is 6.07 Å². The van der Waals surface area contributed by atoms with E-state index in [1.54, 1.807) is 23.1 Å². The molecule has 0 aromatic carbocycles. The van der Waals surface area contributed by atoms with Crippen LogP contribution >= 0.6 is 0 Å². The summed E-state index contributed by atoms with van der Waals surface area (Å²) in [4.78, 5) is 15.5. The maximum absolute atomic E-state index is 11.1. The van der Waals surface area contributed by atoms with Crippen molar-refractivity contribution in [3.63, 3.8) is 0 Å². The number of nitrogens with one attached hydrogen (secondary N) is 1. The van der Waals surface area contributed by atoms with Gasteiger partial charge in [0.15, 0.2) is 0 Å². The maximum atomic E-state index is 11.1. The molecular weight excluding hydrogens is 244 g/mol. The summed E-state index contributed by atoms with van der Waals surface area (Å²) in [5.74, 6) is -0.288. The fraction of sp³-hybridized carbons (Fsp3) is 0.308. The van der Waals surface area contributed by atoms with Crippen molar-refractivity contribution >= 4 is 17.5 Å². The van der Waals surface area contributed by atoms with Crippen molar-refractivity contribution in [1.29, 1.82) is 0 Å². The predicted molar refractivity (Wildman–Crippen MR) is 71.8 cm³/mol. The number of rotatable bonds is 4. The highest BCUT2D eigenvalue weighted by Crippen LogP contribution is 2.20. The number of aryl methyl sites for hydroxylation is 1. The molecule has 2 aromatic heterocycles. The minimum atomic E-state index is -0.960. The summed E-state index contributed by atoms with van der Waals surface area (Å²) in [6.45, 7) is 3.95. The molecule has 6 nitrogen and oxygen atoms in total. The summed E-state index contributed by atoms with van der Waals surface area (Å²) in [7, 11) is 1.81. The Morgan fingerprint density at radius 1 is 1.42 bits per heavy atom. The molecule has 0 bridgehead atoms. The van der Waals surface area contributed by atoms with Crippen LogP contribution in [0, 0.1) is 0 Å². The summed E-state index contributed by atoms with van der Waals surface area (Å²) in [6, 6.07) is 3.11. The summed E-state index contributed by atoms with van der Waals surface area (Å²) in [5, 5.41) is 16.2. The van der Waals surface area contributed by atoms with Gasteiger partial charge in [-0.1, -0.05) is 13.8 Å². The lowest BCUT2D eigenvalue weighted by molar-refractivity contribution is 0.0696. The second kappa shape index (κ2) is 5.09. The van der Waals surface area contributed by atoms with Gasteiger partial charge in [-0.2, -0.15) is 5.10 Å². The minimum absolute atomic E-state index is 0.161. The van der Waals surface area contributed by atoms with E-state index in [0.29, 0.717) is 5.82 Å². The van der Waals surface area contributed by atoms with Crippen molar-refractivity contribution < 1.29 is 9.90 Å². The Labute approximate surface area is 111 Å². The third-order valence-corrected chi connectivity index (χ3v) is 2.66. The van der Waals surface area contributed by atoms with Crippen LogP contribution in [-0.2, 0) is 7.05 Å². The number of nitrogens with zero attached hydrogens (tertiary/aromatic N) is 3. The van der Waals surface area contributed by atoms with E-state index in [9.17, 15) is 4.79 Å². The van der Waals surface area contributed by atoms with E-state index in [2.05, 4.69) is 15.4 Å². The van der Waals surface area contributed by atoms with Crippen LogP contribution in [0.4, 0.5) is 11.5 Å². The molecule has 0 saturated heterocycles. The van der Waals surface area contributed by atoms with E-state index in [-0.39, 0.29) is 11.5 Å². The Bertz CT molecular complexity index is 604. The molecule has 0 saturated carbocycles. The Kier molecular flexibility index (Phi) is 3.50. The topological polar surface area (TPSA) is 80.0 Å². The first-order valence-electron chi connectivity index (χ1n) is 5.96. The molecule has 0 aliphatic carbocycles. The number of carboxylic acid groups (broad SMARTS) is 1. The van der Waals surface area contributed by atoms with Gasteiger partial charge >= 0.3 is 5.97 Å². The number of carbonyl (C=O) groups is 1. The van der Waals surface area contributed by atoms with Gasteiger partial charge in [-0.3, -0.25) is 4.68 Å². The number of hydrogen-bond donors (Lipinski definition) is 2. The fourth-order valence-corrected chi connectivity index (χ4v) is 1.67. The van der Waals surface area contributed by atoms with E-state index in [1.807, 2.05) is 20.9 Å². The average molecular weight is 260 g/mol. The van der Waals surface area contributed by atoms with Gasteiger partial charge in [-0.15, -0.1) is 0 Å². The molecule has 0 atom stereocenters. The maximum Gasteiger partial charge on any atom is 0.335 e. The molecule has 2 rings (SSSR count). The summed E-state index contributed by atoms with van der Waals surface area (Å²) < 4.78 is 1.66. The third kappa shape index (κ3) is 3.09. The first-order chi connectivity index (χ1) is 8.95. The van der Waals surface area contributed by atoms with Crippen LogP contribution in [-0.4, -0.2) is 25.8 Å². The average Bonchev–Trinajstić information content (AvgIpc) is 2.74. The highest BCUT2D eigenvalue weighted by atomic mass is 16.4. The molecule has 0 spiro atoms. The Morgan fingerprint density at radius 2 is 2.16 bits per heavy atom. The van der Waals surface area contributed by atoms with Crippen LogP contribution in [0.25, 0.3) is 0 Å². The highest BCUT2D eigenvalue weighted by Gasteiger charge is 2.11. The zero-order valence-electron chi connectivity index (χ0n) is 11.1. The first-order valence-corrected chi connectivity index (χ1v) is 5.96. The molecule has 6 heteroatoms. The Balaban J connectivity index is 2.36. The van der Waals surface area contributed by atoms with Gasteiger partial charge in [-0.05, 0) is 18.1 Å². The summed E-state index contributed by atoms with van der Waals surface area (Å²) >= 11 is 0. The van der Waals surface area contributed by atoms with E-state index in [0.717, 1.165) is 11.4 Å².